The van der Waals surface area contributed by atoms with E-state index in [0.717, 1.165) is 10.9 Å². The summed E-state index contributed by atoms with van der Waals surface area (Å²) in [4.78, 5) is 1.21. The van der Waals surface area contributed by atoms with Crippen LogP contribution in [-0.2, 0) is 5.41 Å². The first-order chi connectivity index (χ1) is 7.55. The fourth-order valence-electron chi connectivity index (χ4n) is 1.38. The fraction of sp³-hybridized carbons (Fsp3) is 0.286. The molecule has 0 amide bonds. The van der Waals surface area contributed by atoms with Gasteiger partial charge >= 0.3 is 0 Å². The standard InChI is InChI=1S/C14H16OS/c1-14(2,3)12-9-10-13(15-12)16-11-7-5-4-6-8-11/h4-10H,1-3H3. The molecular weight excluding hydrogens is 216 g/mol. The van der Waals surface area contributed by atoms with Gasteiger partial charge < -0.3 is 4.42 Å². The minimum absolute atomic E-state index is 0.0789. The summed E-state index contributed by atoms with van der Waals surface area (Å²) in [5.41, 5.74) is 0.0789. The van der Waals surface area contributed by atoms with Crippen molar-refractivity contribution in [3.8, 4) is 0 Å². The SMILES string of the molecule is CC(C)(C)c1ccc(Sc2ccccc2)o1. The predicted molar refractivity (Wildman–Crippen MR) is 68.0 cm³/mol. The smallest absolute Gasteiger partial charge is 0.165 e. The van der Waals surface area contributed by atoms with E-state index in [2.05, 4.69) is 39.0 Å². The Balaban J connectivity index is 2.15. The third-order valence-corrected chi connectivity index (χ3v) is 3.21. The zero-order valence-electron chi connectivity index (χ0n) is 9.86. The Kier molecular flexibility index (Phi) is 3.10. The molecule has 0 aliphatic rings. The van der Waals surface area contributed by atoms with Gasteiger partial charge in [0.05, 0.1) is 0 Å². The maximum Gasteiger partial charge on any atom is 0.165 e. The molecule has 1 heterocycles. The summed E-state index contributed by atoms with van der Waals surface area (Å²) < 4.78 is 5.81. The molecule has 0 N–H and O–H groups in total. The van der Waals surface area contributed by atoms with Crippen LogP contribution in [0.25, 0.3) is 0 Å². The van der Waals surface area contributed by atoms with Gasteiger partial charge in [-0.05, 0) is 24.3 Å². The summed E-state index contributed by atoms with van der Waals surface area (Å²) in [5.74, 6) is 1.03. The van der Waals surface area contributed by atoms with Crippen molar-refractivity contribution < 1.29 is 4.42 Å². The van der Waals surface area contributed by atoms with Crippen molar-refractivity contribution >= 4 is 11.8 Å². The van der Waals surface area contributed by atoms with E-state index in [0.29, 0.717) is 0 Å². The lowest BCUT2D eigenvalue weighted by Crippen LogP contribution is -2.08. The van der Waals surface area contributed by atoms with E-state index >= 15 is 0 Å². The largest absolute Gasteiger partial charge is 0.454 e. The molecule has 16 heavy (non-hydrogen) atoms. The normalized spacial score (nSPS) is 11.7. The van der Waals surface area contributed by atoms with E-state index in [1.807, 2.05) is 24.3 Å². The molecule has 84 valence electrons. The summed E-state index contributed by atoms with van der Waals surface area (Å²) in [7, 11) is 0. The van der Waals surface area contributed by atoms with Crippen LogP contribution in [0.5, 0.6) is 0 Å². The average Bonchev–Trinajstić information content (AvgIpc) is 2.67. The number of benzene rings is 1. The number of hydrogen-bond donors (Lipinski definition) is 0. The van der Waals surface area contributed by atoms with E-state index < -0.39 is 0 Å². The fourth-order valence-corrected chi connectivity index (χ4v) is 2.18. The highest BCUT2D eigenvalue weighted by Gasteiger charge is 2.18. The lowest BCUT2D eigenvalue weighted by Gasteiger charge is -2.13. The van der Waals surface area contributed by atoms with Crippen LogP contribution in [0, 0.1) is 0 Å². The summed E-state index contributed by atoms with van der Waals surface area (Å²) >= 11 is 1.66. The summed E-state index contributed by atoms with van der Waals surface area (Å²) in [5, 5.41) is 0.955. The highest BCUT2D eigenvalue weighted by Crippen LogP contribution is 2.32. The molecule has 1 nitrogen and oxygen atoms in total. The topological polar surface area (TPSA) is 13.1 Å². The van der Waals surface area contributed by atoms with Gasteiger partial charge in [0.1, 0.15) is 5.76 Å². The van der Waals surface area contributed by atoms with Gasteiger partial charge in [0.15, 0.2) is 5.09 Å². The number of rotatable bonds is 2. The lowest BCUT2D eigenvalue weighted by atomic mass is 9.94. The van der Waals surface area contributed by atoms with Crippen molar-refractivity contribution in [1.29, 1.82) is 0 Å². The third-order valence-electron chi connectivity index (χ3n) is 2.28. The Morgan fingerprint density at radius 1 is 0.938 bits per heavy atom. The van der Waals surface area contributed by atoms with Gasteiger partial charge in [-0.2, -0.15) is 0 Å². The van der Waals surface area contributed by atoms with Crippen LogP contribution in [0.2, 0.25) is 0 Å². The van der Waals surface area contributed by atoms with E-state index in [9.17, 15) is 0 Å². The van der Waals surface area contributed by atoms with Crippen LogP contribution in [0.15, 0.2) is 56.9 Å². The molecule has 0 spiro atoms. The molecule has 0 aliphatic carbocycles. The molecule has 0 saturated heterocycles. The predicted octanol–water partition coefficient (Wildman–Crippen LogP) is 4.73. The third kappa shape index (κ3) is 2.70. The molecule has 2 rings (SSSR count). The number of hydrogen-bond acceptors (Lipinski definition) is 2. The molecule has 1 aromatic carbocycles. The first-order valence-corrected chi connectivity index (χ1v) is 6.20. The molecule has 1 aromatic heterocycles. The second-order valence-electron chi connectivity index (χ2n) is 4.78. The van der Waals surface area contributed by atoms with Crippen LogP contribution in [-0.4, -0.2) is 0 Å². The van der Waals surface area contributed by atoms with E-state index in [1.165, 1.54) is 4.90 Å². The van der Waals surface area contributed by atoms with Gasteiger partial charge in [0.25, 0.3) is 0 Å². The molecule has 0 fully saturated rings. The van der Waals surface area contributed by atoms with Crippen LogP contribution < -0.4 is 0 Å². The van der Waals surface area contributed by atoms with Crippen molar-refractivity contribution in [3.63, 3.8) is 0 Å². The maximum atomic E-state index is 5.81. The number of furan rings is 1. The minimum Gasteiger partial charge on any atom is -0.454 e. The van der Waals surface area contributed by atoms with Crippen LogP contribution in [0.3, 0.4) is 0 Å². The molecule has 2 heteroatoms. The second-order valence-corrected chi connectivity index (χ2v) is 5.86. The van der Waals surface area contributed by atoms with Crippen LogP contribution >= 0.6 is 11.8 Å². The summed E-state index contributed by atoms with van der Waals surface area (Å²) in [6.07, 6.45) is 0. The van der Waals surface area contributed by atoms with Crippen molar-refractivity contribution in [3.05, 3.63) is 48.2 Å². The van der Waals surface area contributed by atoms with Gasteiger partial charge in [-0.15, -0.1) is 0 Å². The lowest BCUT2D eigenvalue weighted by molar-refractivity contribution is 0.362. The highest BCUT2D eigenvalue weighted by molar-refractivity contribution is 7.99. The molecular formula is C14H16OS. The highest BCUT2D eigenvalue weighted by atomic mass is 32.2. The average molecular weight is 232 g/mol. The van der Waals surface area contributed by atoms with E-state index in [4.69, 9.17) is 4.42 Å². The summed E-state index contributed by atoms with van der Waals surface area (Å²) in [6.45, 7) is 6.47. The Morgan fingerprint density at radius 2 is 1.62 bits per heavy atom. The van der Waals surface area contributed by atoms with Crippen LogP contribution in [0.1, 0.15) is 26.5 Å². The van der Waals surface area contributed by atoms with Gasteiger partial charge in [0.2, 0.25) is 0 Å². The molecule has 0 atom stereocenters. The minimum atomic E-state index is 0.0789. The van der Waals surface area contributed by atoms with Gasteiger partial charge in [0, 0.05) is 10.3 Å². The molecule has 0 radical (unpaired) electrons. The Bertz CT molecular complexity index is 451. The van der Waals surface area contributed by atoms with Crippen molar-refractivity contribution in [2.24, 2.45) is 0 Å². The zero-order valence-corrected chi connectivity index (χ0v) is 10.7. The van der Waals surface area contributed by atoms with E-state index in [1.54, 1.807) is 11.8 Å². The Morgan fingerprint density at radius 3 is 2.19 bits per heavy atom. The molecule has 0 aliphatic heterocycles. The Labute approximate surface area is 101 Å². The second kappa shape index (κ2) is 4.38. The van der Waals surface area contributed by atoms with Crippen molar-refractivity contribution in [1.82, 2.24) is 0 Å². The van der Waals surface area contributed by atoms with Crippen molar-refractivity contribution in [2.45, 2.75) is 36.2 Å². The first-order valence-electron chi connectivity index (χ1n) is 5.39. The molecule has 0 unspecified atom stereocenters. The summed E-state index contributed by atoms with van der Waals surface area (Å²) in [6, 6.07) is 14.4. The maximum absolute atomic E-state index is 5.81. The van der Waals surface area contributed by atoms with Crippen LogP contribution in [0.4, 0.5) is 0 Å². The van der Waals surface area contributed by atoms with Crippen molar-refractivity contribution in [2.75, 3.05) is 0 Å². The van der Waals surface area contributed by atoms with E-state index in [-0.39, 0.29) is 5.41 Å². The molecule has 0 bridgehead atoms. The van der Waals surface area contributed by atoms with Gasteiger partial charge in [-0.1, -0.05) is 50.7 Å². The monoisotopic (exact) mass is 232 g/mol. The Hall–Kier alpha value is -1.15. The van der Waals surface area contributed by atoms with Gasteiger partial charge in [-0.3, -0.25) is 0 Å². The quantitative estimate of drug-likeness (QED) is 0.742. The molecule has 2 aromatic rings. The van der Waals surface area contributed by atoms with Gasteiger partial charge in [-0.25, -0.2) is 0 Å². The first kappa shape index (κ1) is 11.3. The zero-order chi connectivity index (χ0) is 11.6. The molecule has 0 saturated carbocycles.